The van der Waals surface area contributed by atoms with Gasteiger partial charge in [-0.1, -0.05) is 29.3 Å². The highest BCUT2D eigenvalue weighted by Gasteiger charge is 2.11. The number of thiophene rings is 1. The molecule has 0 bridgehead atoms. The van der Waals surface area contributed by atoms with Crippen molar-refractivity contribution in [2.24, 2.45) is 0 Å². The Morgan fingerprint density at radius 3 is 2.83 bits per heavy atom. The fourth-order valence-electron chi connectivity index (χ4n) is 2.24. The normalized spacial score (nSPS) is 10.7. The predicted octanol–water partition coefficient (Wildman–Crippen LogP) is 5.32. The number of aromatic nitrogens is 1. The van der Waals surface area contributed by atoms with Crippen molar-refractivity contribution in [2.45, 2.75) is 20.3 Å². The van der Waals surface area contributed by atoms with Gasteiger partial charge in [0.15, 0.2) is 5.13 Å². The van der Waals surface area contributed by atoms with Crippen molar-refractivity contribution in [1.82, 2.24) is 4.98 Å². The van der Waals surface area contributed by atoms with Crippen LogP contribution < -0.4 is 5.32 Å². The van der Waals surface area contributed by atoms with Crippen molar-refractivity contribution < 1.29 is 4.79 Å². The van der Waals surface area contributed by atoms with Gasteiger partial charge < -0.3 is 5.32 Å². The van der Waals surface area contributed by atoms with E-state index in [0.717, 1.165) is 16.1 Å². The zero-order chi connectivity index (χ0) is 16.4. The van der Waals surface area contributed by atoms with E-state index in [1.165, 1.54) is 33.8 Å². The smallest absolute Gasteiger partial charge is 0.231 e. The Hall–Kier alpha value is -1.69. The summed E-state index contributed by atoms with van der Waals surface area (Å²) in [5.74, 6) is -0.0784. The minimum absolute atomic E-state index is 0.0784. The molecule has 1 amide bonds. The van der Waals surface area contributed by atoms with Crippen LogP contribution in [0.3, 0.4) is 0 Å². The van der Waals surface area contributed by atoms with Gasteiger partial charge in [0.25, 0.3) is 0 Å². The van der Waals surface area contributed by atoms with Crippen LogP contribution in [-0.2, 0) is 11.2 Å². The molecule has 6 heteroatoms. The second-order valence-electron chi connectivity index (χ2n) is 5.29. The number of carbonyl (C=O) groups is 1. The molecular weight excluding hydrogens is 348 g/mol. The molecule has 3 nitrogen and oxygen atoms in total. The van der Waals surface area contributed by atoms with E-state index >= 15 is 0 Å². The molecule has 0 aliphatic carbocycles. The summed E-state index contributed by atoms with van der Waals surface area (Å²) in [4.78, 5) is 17.6. The van der Waals surface area contributed by atoms with E-state index in [4.69, 9.17) is 11.6 Å². The lowest BCUT2D eigenvalue weighted by Crippen LogP contribution is -2.13. The zero-order valence-electron chi connectivity index (χ0n) is 12.7. The number of benzene rings is 1. The highest BCUT2D eigenvalue weighted by Crippen LogP contribution is 2.28. The van der Waals surface area contributed by atoms with Gasteiger partial charge in [0.05, 0.1) is 16.5 Å². The van der Waals surface area contributed by atoms with Crippen molar-refractivity contribution >= 4 is 45.3 Å². The lowest BCUT2D eigenvalue weighted by molar-refractivity contribution is -0.115. The average molecular weight is 363 g/mol. The zero-order valence-corrected chi connectivity index (χ0v) is 15.1. The summed E-state index contributed by atoms with van der Waals surface area (Å²) in [5.41, 5.74) is 4.36. The molecule has 1 aromatic carbocycles. The van der Waals surface area contributed by atoms with E-state index in [0.29, 0.717) is 15.9 Å². The standard InChI is InChI=1S/C17H15ClN2OS2/c1-10-3-4-11(2)13(7-10)14-9-22-17(19-14)20-16(21)8-12-5-6-15(18)23-12/h3-7,9H,8H2,1-2H3,(H,19,20,21). The Bertz CT molecular complexity index is 854. The summed E-state index contributed by atoms with van der Waals surface area (Å²) >= 11 is 8.74. The highest BCUT2D eigenvalue weighted by molar-refractivity contribution is 7.16. The van der Waals surface area contributed by atoms with Crippen molar-refractivity contribution in [3.05, 3.63) is 56.1 Å². The number of carbonyl (C=O) groups excluding carboxylic acids is 1. The van der Waals surface area contributed by atoms with Crippen molar-refractivity contribution in [2.75, 3.05) is 5.32 Å². The van der Waals surface area contributed by atoms with E-state index in [1.54, 1.807) is 6.07 Å². The molecule has 118 valence electrons. The molecule has 2 heterocycles. The van der Waals surface area contributed by atoms with E-state index in [2.05, 4.69) is 42.3 Å². The number of nitrogens with zero attached hydrogens (tertiary/aromatic N) is 1. The van der Waals surface area contributed by atoms with Crippen LogP contribution in [0.5, 0.6) is 0 Å². The van der Waals surface area contributed by atoms with Gasteiger partial charge in [0.2, 0.25) is 5.91 Å². The van der Waals surface area contributed by atoms with Gasteiger partial charge in [-0.2, -0.15) is 0 Å². The third-order valence-corrected chi connectivity index (χ3v) is 5.37. The Balaban J connectivity index is 1.72. The van der Waals surface area contributed by atoms with Crippen molar-refractivity contribution in [3.8, 4) is 11.3 Å². The molecule has 3 rings (SSSR count). The SMILES string of the molecule is Cc1ccc(C)c(-c2csc(NC(=O)Cc3ccc(Cl)s3)n2)c1. The number of hydrogen-bond acceptors (Lipinski definition) is 4. The number of rotatable bonds is 4. The molecule has 0 unspecified atom stereocenters. The van der Waals surface area contributed by atoms with Gasteiger partial charge in [-0.3, -0.25) is 4.79 Å². The number of anilines is 1. The van der Waals surface area contributed by atoms with Crippen molar-refractivity contribution in [3.63, 3.8) is 0 Å². The first kappa shape index (κ1) is 16.2. The molecule has 0 aliphatic rings. The maximum atomic E-state index is 12.1. The summed E-state index contributed by atoms with van der Waals surface area (Å²) in [5, 5.41) is 5.45. The molecule has 2 aromatic heterocycles. The fourth-order valence-corrected chi connectivity index (χ4v) is 4.05. The molecule has 3 aromatic rings. The van der Waals surface area contributed by atoms with E-state index in [-0.39, 0.29) is 5.91 Å². The molecule has 1 N–H and O–H groups in total. The Morgan fingerprint density at radius 2 is 2.09 bits per heavy atom. The second-order valence-corrected chi connectivity index (χ2v) is 7.94. The van der Waals surface area contributed by atoms with E-state index in [1.807, 2.05) is 11.4 Å². The quantitative estimate of drug-likeness (QED) is 0.682. The first-order chi connectivity index (χ1) is 11.0. The summed E-state index contributed by atoms with van der Waals surface area (Å²) in [6.45, 7) is 4.12. The lowest BCUT2D eigenvalue weighted by atomic mass is 10.0. The van der Waals surface area contributed by atoms with Crippen LogP contribution in [0.15, 0.2) is 35.7 Å². The van der Waals surface area contributed by atoms with Crippen LogP contribution in [-0.4, -0.2) is 10.9 Å². The summed E-state index contributed by atoms with van der Waals surface area (Å²) in [6, 6.07) is 9.96. The molecule has 0 aliphatic heterocycles. The van der Waals surface area contributed by atoms with Gasteiger partial charge in [-0.05, 0) is 37.6 Å². The third-order valence-electron chi connectivity index (χ3n) is 3.38. The van der Waals surface area contributed by atoms with E-state index in [9.17, 15) is 4.79 Å². The monoisotopic (exact) mass is 362 g/mol. The molecule has 0 radical (unpaired) electrons. The Labute approximate surface area is 148 Å². The molecule has 0 saturated carbocycles. The number of amides is 1. The summed E-state index contributed by atoms with van der Waals surface area (Å²) in [7, 11) is 0. The van der Waals surface area contributed by atoms with Crippen molar-refractivity contribution in [1.29, 1.82) is 0 Å². The fraction of sp³-hybridized carbons (Fsp3) is 0.176. The number of aryl methyl sites for hydroxylation is 2. The van der Waals surface area contributed by atoms with Crippen LogP contribution in [0.4, 0.5) is 5.13 Å². The van der Waals surface area contributed by atoms with E-state index < -0.39 is 0 Å². The molecule has 0 spiro atoms. The first-order valence-electron chi connectivity index (χ1n) is 7.08. The van der Waals surface area contributed by atoms with Crippen LogP contribution in [0.2, 0.25) is 4.34 Å². The number of nitrogens with one attached hydrogen (secondary N) is 1. The third kappa shape index (κ3) is 3.99. The molecule has 23 heavy (non-hydrogen) atoms. The number of hydrogen-bond donors (Lipinski definition) is 1. The Morgan fingerprint density at radius 1 is 1.26 bits per heavy atom. The lowest BCUT2D eigenvalue weighted by Gasteiger charge is -2.04. The maximum absolute atomic E-state index is 12.1. The van der Waals surface area contributed by atoms with Crippen LogP contribution in [0, 0.1) is 13.8 Å². The first-order valence-corrected chi connectivity index (χ1v) is 9.16. The summed E-state index contributed by atoms with van der Waals surface area (Å²) < 4.78 is 0.694. The van der Waals surface area contributed by atoms with Gasteiger partial charge in [-0.25, -0.2) is 4.98 Å². The predicted molar refractivity (Wildman–Crippen MR) is 98.7 cm³/mol. The average Bonchev–Trinajstić information content (AvgIpc) is 3.11. The highest BCUT2D eigenvalue weighted by atomic mass is 35.5. The largest absolute Gasteiger partial charge is 0.302 e. The molecule has 0 fully saturated rings. The topological polar surface area (TPSA) is 42.0 Å². The van der Waals surface area contributed by atoms with Crippen LogP contribution in [0.25, 0.3) is 11.3 Å². The van der Waals surface area contributed by atoms with Gasteiger partial charge in [-0.15, -0.1) is 22.7 Å². The molecule has 0 saturated heterocycles. The minimum atomic E-state index is -0.0784. The number of halogens is 1. The maximum Gasteiger partial charge on any atom is 0.231 e. The van der Waals surface area contributed by atoms with Gasteiger partial charge in [0.1, 0.15) is 0 Å². The molecule has 0 atom stereocenters. The second kappa shape index (κ2) is 6.83. The Kier molecular flexibility index (Phi) is 4.80. The van der Waals surface area contributed by atoms with Gasteiger partial charge in [0, 0.05) is 15.8 Å². The molecular formula is C17H15ClN2OS2. The summed E-state index contributed by atoms with van der Waals surface area (Å²) in [6.07, 6.45) is 0.315. The minimum Gasteiger partial charge on any atom is -0.302 e. The van der Waals surface area contributed by atoms with Crippen LogP contribution in [0.1, 0.15) is 16.0 Å². The van der Waals surface area contributed by atoms with Gasteiger partial charge >= 0.3 is 0 Å². The van der Waals surface area contributed by atoms with Crippen LogP contribution >= 0.6 is 34.3 Å². The number of thiazole rings is 1.